The van der Waals surface area contributed by atoms with Crippen LogP contribution in [0.1, 0.15) is 36.6 Å². The molecule has 2 aliphatic heterocycles. The number of aryl methyl sites for hydroxylation is 1. The fourth-order valence-electron chi connectivity index (χ4n) is 5.10. The van der Waals surface area contributed by atoms with E-state index in [1.165, 1.54) is 3.57 Å². The van der Waals surface area contributed by atoms with Gasteiger partial charge in [0.2, 0.25) is 0 Å². The number of anilines is 1. The monoisotopic (exact) mass is 684 g/mol. The largest absolute Gasteiger partial charge is 0.396 e. The lowest BCUT2D eigenvalue weighted by molar-refractivity contribution is -0.146. The van der Waals surface area contributed by atoms with Crippen molar-refractivity contribution in [2.24, 2.45) is 5.92 Å². The predicted octanol–water partition coefficient (Wildman–Crippen LogP) is 4.28. The van der Waals surface area contributed by atoms with Crippen molar-refractivity contribution in [2.75, 3.05) is 11.5 Å². The summed E-state index contributed by atoms with van der Waals surface area (Å²) in [4.78, 5) is 15.9. The minimum Gasteiger partial charge on any atom is -0.396 e. The number of carbonyl (C=O) groups is 1. The number of nitrogens with zero attached hydrogens (tertiary/aromatic N) is 4. The van der Waals surface area contributed by atoms with Crippen molar-refractivity contribution >= 4 is 56.8 Å². The first-order valence-electron chi connectivity index (χ1n) is 11.4. The molecule has 0 aliphatic carbocycles. The van der Waals surface area contributed by atoms with Crippen LogP contribution >= 0.6 is 45.2 Å². The summed E-state index contributed by atoms with van der Waals surface area (Å²) in [5.74, 6) is 0.0911. The Morgan fingerprint density at radius 3 is 2.71 bits per heavy atom. The highest BCUT2D eigenvalue weighted by molar-refractivity contribution is 14.1. The van der Waals surface area contributed by atoms with Crippen LogP contribution in [0.3, 0.4) is 0 Å². The third kappa shape index (κ3) is 4.40. The Morgan fingerprint density at radius 1 is 1.18 bits per heavy atom. The summed E-state index contributed by atoms with van der Waals surface area (Å²) in [6.45, 7) is 3.37. The Balaban J connectivity index is 1.39. The van der Waals surface area contributed by atoms with E-state index in [2.05, 4.69) is 105 Å². The molecule has 1 N–H and O–H groups in total. The summed E-state index contributed by atoms with van der Waals surface area (Å²) >= 11 is 4.60. The van der Waals surface area contributed by atoms with E-state index < -0.39 is 5.60 Å². The standard InChI is InChI=1S/C25H26I2N4O3/c1-16-12-21(8-10-30-15-20(9-11-32)28-29-30)34-25(16)22-13-19(27)6-7-23(22)31(24(25)33)14-17-2-4-18(26)5-3-17/h2-7,13,15-16,21,32H,8-12,14H2,1H3/t16-,21+,25+/m1/s1. The maximum absolute atomic E-state index is 14.0. The number of aliphatic hydroxyl groups excluding tert-OH is 1. The number of fused-ring (bicyclic) bond motifs is 2. The third-order valence-corrected chi connectivity index (χ3v) is 8.15. The minimum absolute atomic E-state index is 0.0315. The Kier molecular flexibility index (Phi) is 6.97. The molecule has 9 heteroatoms. The molecule has 5 rings (SSSR count). The normalized spacial score (nSPS) is 23.8. The van der Waals surface area contributed by atoms with Gasteiger partial charge in [0.1, 0.15) is 0 Å². The van der Waals surface area contributed by atoms with Crippen LogP contribution in [-0.4, -0.2) is 38.7 Å². The lowest BCUT2D eigenvalue weighted by Crippen LogP contribution is -2.43. The van der Waals surface area contributed by atoms with E-state index in [0.29, 0.717) is 19.5 Å². The van der Waals surface area contributed by atoms with Crippen molar-refractivity contribution in [3.05, 3.63) is 72.6 Å². The van der Waals surface area contributed by atoms with Crippen molar-refractivity contribution in [1.82, 2.24) is 15.0 Å². The first-order chi connectivity index (χ1) is 16.4. The van der Waals surface area contributed by atoms with Gasteiger partial charge in [-0.3, -0.25) is 9.48 Å². The maximum Gasteiger partial charge on any atom is 0.264 e. The molecule has 3 aromatic rings. The second kappa shape index (κ2) is 9.82. The van der Waals surface area contributed by atoms with Gasteiger partial charge in [-0.1, -0.05) is 24.3 Å². The van der Waals surface area contributed by atoms with E-state index in [1.807, 2.05) is 11.1 Å². The first kappa shape index (κ1) is 24.1. The molecule has 1 spiro atoms. The summed E-state index contributed by atoms with van der Waals surface area (Å²) in [5, 5.41) is 17.3. The second-order valence-electron chi connectivity index (χ2n) is 9.03. The Hall–Kier alpha value is -1.57. The zero-order valence-electron chi connectivity index (χ0n) is 18.8. The maximum atomic E-state index is 14.0. The van der Waals surface area contributed by atoms with E-state index in [1.54, 1.807) is 4.68 Å². The summed E-state index contributed by atoms with van der Waals surface area (Å²) < 4.78 is 10.7. The van der Waals surface area contributed by atoms with Gasteiger partial charge in [-0.2, -0.15) is 0 Å². The second-order valence-corrected chi connectivity index (χ2v) is 11.5. The van der Waals surface area contributed by atoms with Crippen LogP contribution < -0.4 is 4.90 Å². The van der Waals surface area contributed by atoms with Crippen molar-refractivity contribution in [3.63, 3.8) is 0 Å². The lowest BCUT2D eigenvalue weighted by atomic mass is 9.83. The molecule has 3 heterocycles. The van der Waals surface area contributed by atoms with Crippen LogP contribution in [0.5, 0.6) is 0 Å². The highest BCUT2D eigenvalue weighted by Crippen LogP contribution is 2.54. The third-order valence-electron chi connectivity index (χ3n) is 6.76. The van der Waals surface area contributed by atoms with Crippen LogP contribution in [0.4, 0.5) is 5.69 Å². The summed E-state index contributed by atoms with van der Waals surface area (Å²) in [5.41, 5.74) is 2.86. The number of rotatable bonds is 7. The highest BCUT2D eigenvalue weighted by atomic mass is 127. The Morgan fingerprint density at radius 2 is 1.94 bits per heavy atom. The molecular weight excluding hydrogens is 658 g/mol. The van der Waals surface area contributed by atoms with Gasteiger partial charge in [0, 0.05) is 44.4 Å². The molecule has 0 unspecified atom stereocenters. The molecule has 2 aromatic carbocycles. The molecule has 0 bridgehead atoms. The van der Waals surface area contributed by atoms with Gasteiger partial charge in [-0.05, 0) is 93.9 Å². The molecule has 1 aromatic heterocycles. The van der Waals surface area contributed by atoms with Crippen LogP contribution in [0, 0.1) is 13.1 Å². The van der Waals surface area contributed by atoms with Crippen LogP contribution in [0.2, 0.25) is 0 Å². The fraction of sp³-hybridized carbons (Fsp3) is 0.400. The highest BCUT2D eigenvalue weighted by Gasteiger charge is 2.60. The molecule has 34 heavy (non-hydrogen) atoms. The summed E-state index contributed by atoms with van der Waals surface area (Å²) in [6.07, 6.45) is 3.88. The molecular formula is C25H26I2N4O3. The lowest BCUT2D eigenvalue weighted by Gasteiger charge is -2.28. The molecule has 1 amide bonds. The average molecular weight is 684 g/mol. The topological polar surface area (TPSA) is 80.5 Å². The van der Waals surface area contributed by atoms with Gasteiger partial charge >= 0.3 is 0 Å². The molecule has 178 valence electrons. The van der Waals surface area contributed by atoms with Crippen LogP contribution in [0.15, 0.2) is 48.7 Å². The van der Waals surface area contributed by atoms with Crippen molar-refractivity contribution in [3.8, 4) is 0 Å². The zero-order chi connectivity index (χ0) is 23.9. The number of aromatic nitrogens is 3. The number of aliphatic hydroxyl groups is 1. The first-order valence-corrected chi connectivity index (χ1v) is 13.6. The van der Waals surface area contributed by atoms with Crippen molar-refractivity contribution < 1.29 is 14.6 Å². The molecule has 2 aliphatic rings. The van der Waals surface area contributed by atoms with Crippen LogP contribution in [-0.2, 0) is 34.6 Å². The predicted molar refractivity (Wildman–Crippen MR) is 145 cm³/mol. The van der Waals surface area contributed by atoms with E-state index in [0.717, 1.165) is 38.9 Å². The van der Waals surface area contributed by atoms with Gasteiger partial charge in [0.05, 0.1) is 24.0 Å². The van der Waals surface area contributed by atoms with E-state index in [4.69, 9.17) is 9.84 Å². The smallest absolute Gasteiger partial charge is 0.264 e. The molecule has 1 fully saturated rings. The average Bonchev–Trinajstić information content (AvgIpc) is 3.47. The zero-order valence-corrected chi connectivity index (χ0v) is 23.1. The summed E-state index contributed by atoms with van der Waals surface area (Å²) in [7, 11) is 0. The Labute approximate surface area is 226 Å². The number of amides is 1. The minimum atomic E-state index is -0.950. The Bertz CT molecular complexity index is 1200. The molecule has 1 saturated heterocycles. The molecule has 3 atom stereocenters. The van der Waals surface area contributed by atoms with E-state index >= 15 is 0 Å². The number of hydrogen-bond donors (Lipinski definition) is 1. The van der Waals surface area contributed by atoms with Crippen molar-refractivity contribution in [1.29, 1.82) is 0 Å². The summed E-state index contributed by atoms with van der Waals surface area (Å²) in [6, 6.07) is 14.5. The van der Waals surface area contributed by atoms with Gasteiger partial charge in [0.25, 0.3) is 5.91 Å². The number of benzene rings is 2. The number of halogens is 2. The van der Waals surface area contributed by atoms with E-state index in [-0.39, 0.29) is 24.5 Å². The molecule has 7 nitrogen and oxygen atoms in total. The molecule has 0 radical (unpaired) electrons. The fourth-order valence-corrected chi connectivity index (χ4v) is 5.95. The molecule has 0 saturated carbocycles. The van der Waals surface area contributed by atoms with Gasteiger partial charge in [-0.15, -0.1) is 5.10 Å². The van der Waals surface area contributed by atoms with Crippen LogP contribution in [0.25, 0.3) is 0 Å². The van der Waals surface area contributed by atoms with Crippen molar-refractivity contribution in [2.45, 2.75) is 51.0 Å². The number of ether oxygens (including phenoxy) is 1. The van der Waals surface area contributed by atoms with E-state index in [9.17, 15) is 4.79 Å². The van der Waals surface area contributed by atoms with Gasteiger partial charge < -0.3 is 14.7 Å². The quantitative estimate of drug-likeness (QED) is 0.377. The number of hydrogen-bond acceptors (Lipinski definition) is 5. The van der Waals surface area contributed by atoms with Gasteiger partial charge in [0.15, 0.2) is 5.60 Å². The number of carbonyl (C=O) groups excluding carboxylic acids is 1. The van der Waals surface area contributed by atoms with Gasteiger partial charge in [-0.25, -0.2) is 0 Å². The SMILES string of the molecule is C[C@@H]1C[C@H](CCn2cc(CCO)nn2)O[C@@]12C(=O)N(Cc1ccc(I)cc1)c1ccc(I)cc12.